The van der Waals surface area contributed by atoms with Crippen molar-refractivity contribution in [2.75, 3.05) is 0 Å². The van der Waals surface area contributed by atoms with Gasteiger partial charge in [0.15, 0.2) is 0 Å². The van der Waals surface area contributed by atoms with Gasteiger partial charge in [0.25, 0.3) is 12.3 Å². The molecule has 0 bridgehead atoms. The Morgan fingerprint density at radius 3 is 1.00 bits per heavy atom. The highest BCUT2D eigenvalue weighted by Crippen LogP contribution is 2.45. The Kier molecular flexibility index (Phi) is 7.30. The molecule has 0 atom stereocenters. The highest BCUT2D eigenvalue weighted by atomic mass is 35.5. The molecule has 0 aliphatic rings. The van der Waals surface area contributed by atoms with Gasteiger partial charge in [-0.15, -0.1) is 10.2 Å². The van der Waals surface area contributed by atoms with E-state index in [2.05, 4.69) is 80.8 Å². The van der Waals surface area contributed by atoms with Crippen LogP contribution in [-0.4, -0.2) is 28.4 Å². The van der Waals surface area contributed by atoms with Crippen LogP contribution >= 0.6 is 22.9 Å². The van der Waals surface area contributed by atoms with E-state index in [1.165, 1.54) is 5.37 Å². The van der Waals surface area contributed by atoms with Crippen LogP contribution in [0.2, 0.25) is 49.9 Å². The molecule has 0 rings (SSSR count). The normalized spacial score (nSPS) is 13.9. The summed E-state index contributed by atoms with van der Waals surface area (Å²) in [5.74, 6) is 0. The van der Waals surface area contributed by atoms with Crippen LogP contribution in [-0.2, 0) is 0 Å². The van der Waals surface area contributed by atoms with Crippen molar-refractivity contribution in [1.29, 1.82) is 0 Å². The molecule has 0 saturated heterocycles. The fourth-order valence-corrected chi connectivity index (χ4v) is 15.5. The summed E-state index contributed by atoms with van der Waals surface area (Å²) in [7, 11) is -2.99. The zero-order valence-corrected chi connectivity index (χ0v) is 20.4. The van der Waals surface area contributed by atoms with Gasteiger partial charge in [-0.3, -0.25) is 0 Å². The summed E-state index contributed by atoms with van der Waals surface area (Å²) in [6.45, 7) is 28.0. The Balaban J connectivity index is 6.66. The average molecular weight is 377 g/mol. The molecule has 0 radical (unpaired) electrons. The van der Waals surface area contributed by atoms with Crippen molar-refractivity contribution in [2.24, 2.45) is 0 Å². The monoisotopic (exact) mass is 376 g/mol. The predicted molar refractivity (Wildman–Crippen MR) is 116 cm³/mol. The number of hydrogen-bond acceptors (Lipinski definition) is 0. The van der Waals surface area contributed by atoms with E-state index >= 15 is 0 Å². The summed E-state index contributed by atoms with van der Waals surface area (Å²) in [6.07, 6.45) is -0.0228. The molecule has 0 spiro atoms. The maximum atomic E-state index is 7.03. The van der Waals surface area contributed by atoms with E-state index in [1.807, 2.05) is 0 Å². The van der Waals surface area contributed by atoms with E-state index in [0.717, 1.165) is 0 Å². The van der Waals surface area contributed by atoms with Gasteiger partial charge in [0.2, 0.25) is 0 Å². The minimum Gasteiger partial charge on any atom is -0.189 e. The van der Waals surface area contributed by atoms with Gasteiger partial charge in [-0.1, -0.05) is 80.8 Å². The van der Waals surface area contributed by atoms with Crippen molar-refractivity contribution in [3.05, 3.63) is 10.2 Å². The lowest BCUT2D eigenvalue weighted by Crippen LogP contribution is -2.47. The standard InChI is InChI=1S/C16H36B2Cl2Si2/c1-15(2,3)17(19)13(18(20)16(4,5)6)14(21(7,8)9)22(10,11)12/h1-12H3. The Bertz CT molecular complexity index is 383. The summed E-state index contributed by atoms with van der Waals surface area (Å²) in [6, 6.07) is 0. The van der Waals surface area contributed by atoms with Crippen LogP contribution in [0.25, 0.3) is 0 Å². The van der Waals surface area contributed by atoms with Gasteiger partial charge in [-0.05, 0) is 10.6 Å². The van der Waals surface area contributed by atoms with Gasteiger partial charge in [0, 0.05) is 0 Å². The maximum Gasteiger partial charge on any atom is 0.276 e. The number of rotatable bonds is 4. The summed E-state index contributed by atoms with van der Waals surface area (Å²) in [5, 5.41) is 1.38. The van der Waals surface area contributed by atoms with Gasteiger partial charge in [0.1, 0.15) is 0 Å². The van der Waals surface area contributed by atoms with E-state index in [9.17, 15) is 0 Å². The van der Waals surface area contributed by atoms with Crippen LogP contribution in [0.4, 0.5) is 0 Å². The Morgan fingerprint density at radius 2 is 0.864 bits per heavy atom. The van der Waals surface area contributed by atoms with Gasteiger partial charge in [-0.25, -0.2) is 0 Å². The minimum atomic E-state index is -1.50. The van der Waals surface area contributed by atoms with E-state index in [0.29, 0.717) is 0 Å². The molecule has 0 aromatic heterocycles. The zero-order chi connectivity index (χ0) is 18.3. The Hall–Kier alpha value is 0.884. The third-order valence-electron chi connectivity index (χ3n) is 3.86. The van der Waals surface area contributed by atoms with Crippen molar-refractivity contribution in [1.82, 2.24) is 0 Å². The average Bonchev–Trinajstić information content (AvgIpc) is 2.17. The fourth-order valence-electron chi connectivity index (χ4n) is 3.31. The number of halogens is 2. The van der Waals surface area contributed by atoms with E-state index in [4.69, 9.17) is 22.9 Å². The second kappa shape index (κ2) is 7.02. The summed E-state index contributed by atoms with van der Waals surface area (Å²) in [5.41, 5.74) is 0. The lowest BCUT2D eigenvalue weighted by molar-refractivity contribution is 0.743. The van der Waals surface area contributed by atoms with Crippen LogP contribution < -0.4 is 0 Å². The van der Waals surface area contributed by atoms with Crippen molar-refractivity contribution >= 4 is 51.3 Å². The van der Waals surface area contributed by atoms with Crippen LogP contribution in [0.15, 0.2) is 10.2 Å². The second-order valence-corrected chi connectivity index (χ2v) is 22.2. The van der Waals surface area contributed by atoms with Crippen LogP contribution in [0, 0.1) is 0 Å². The molecule has 0 aliphatic heterocycles. The molecule has 0 N–H and O–H groups in total. The van der Waals surface area contributed by atoms with Gasteiger partial charge in [0.05, 0.1) is 16.1 Å². The molecule has 0 fully saturated rings. The third-order valence-corrected chi connectivity index (χ3v) is 13.7. The predicted octanol–water partition coefficient (Wildman–Crippen LogP) is 7.18. The van der Waals surface area contributed by atoms with Crippen molar-refractivity contribution in [3.8, 4) is 0 Å². The highest BCUT2D eigenvalue weighted by molar-refractivity contribution is 7.29. The Labute approximate surface area is 152 Å². The van der Waals surface area contributed by atoms with E-state index in [-0.39, 0.29) is 22.9 Å². The third kappa shape index (κ3) is 6.07. The van der Waals surface area contributed by atoms with Gasteiger partial charge < -0.3 is 0 Å². The zero-order valence-electron chi connectivity index (χ0n) is 16.9. The van der Waals surface area contributed by atoms with Crippen LogP contribution in [0.5, 0.6) is 0 Å². The van der Waals surface area contributed by atoms with Crippen molar-refractivity contribution < 1.29 is 0 Å². The SMILES string of the molecule is CC(C)(C)B(Cl)C(B(Cl)C(C)(C)C)=C([Si](C)(C)C)[Si](C)(C)C. The molecular formula is C16H36B2Cl2Si2. The summed E-state index contributed by atoms with van der Waals surface area (Å²) in [4.78, 5) is 1.67. The quantitative estimate of drug-likeness (QED) is 0.456. The first-order valence-corrected chi connectivity index (χ1v) is 16.2. The van der Waals surface area contributed by atoms with E-state index in [1.54, 1.807) is 4.82 Å². The molecular weight excluding hydrogens is 341 g/mol. The summed E-state index contributed by atoms with van der Waals surface area (Å²) >= 11 is 14.1. The van der Waals surface area contributed by atoms with E-state index < -0.39 is 16.1 Å². The number of hydrogen-bond donors (Lipinski definition) is 0. The molecule has 22 heavy (non-hydrogen) atoms. The minimum absolute atomic E-state index is 0.0114. The second-order valence-electron chi connectivity index (χ2n) is 10.8. The molecule has 0 amide bonds. The lowest BCUT2D eigenvalue weighted by Gasteiger charge is -2.41. The smallest absolute Gasteiger partial charge is 0.189 e. The molecule has 0 aromatic carbocycles. The van der Waals surface area contributed by atoms with Crippen LogP contribution in [0.3, 0.4) is 0 Å². The largest absolute Gasteiger partial charge is 0.276 e. The lowest BCUT2D eigenvalue weighted by atomic mass is 9.33. The molecule has 6 heteroatoms. The topological polar surface area (TPSA) is 0 Å². The Morgan fingerprint density at radius 1 is 0.636 bits per heavy atom. The molecule has 0 saturated carbocycles. The maximum absolute atomic E-state index is 7.03. The molecule has 128 valence electrons. The first-order valence-electron chi connectivity index (χ1n) is 8.34. The molecule has 0 aliphatic carbocycles. The van der Waals surface area contributed by atoms with Gasteiger partial charge in [-0.2, -0.15) is 22.9 Å². The molecule has 0 heterocycles. The van der Waals surface area contributed by atoms with Crippen LogP contribution in [0.1, 0.15) is 41.5 Å². The fraction of sp³-hybridized carbons (Fsp3) is 0.875. The molecule has 0 nitrogen and oxygen atoms in total. The summed E-state index contributed by atoms with van der Waals surface area (Å²) < 4.78 is 0. The molecule has 0 unspecified atom stereocenters. The first kappa shape index (κ1) is 22.9. The molecule has 0 aromatic rings. The first-order chi connectivity index (χ1) is 9.31. The highest BCUT2D eigenvalue weighted by Gasteiger charge is 2.46. The van der Waals surface area contributed by atoms with Crippen molar-refractivity contribution in [3.63, 3.8) is 0 Å². The van der Waals surface area contributed by atoms with Gasteiger partial charge >= 0.3 is 0 Å². The van der Waals surface area contributed by atoms with Crippen molar-refractivity contribution in [2.45, 2.75) is 91.5 Å².